The van der Waals surface area contributed by atoms with Gasteiger partial charge in [-0.1, -0.05) is 6.92 Å². The lowest BCUT2D eigenvalue weighted by Crippen LogP contribution is -2.41. The molecular weight excluding hydrogens is 204 g/mol. The van der Waals surface area contributed by atoms with Crippen LogP contribution < -0.4 is 5.32 Å². The lowest BCUT2D eigenvalue weighted by atomic mass is 10.3. The molecule has 0 saturated carbocycles. The van der Waals surface area contributed by atoms with Crippen LogP contribution in [0.2, 0.25) is 0 Å². The third-order valence-electron chi connectivity index (χ3n) is 2.52. The Morgan fingerprint density at radius 3 is 2.38 bits per heavy atom. The van der Waals surface area contributed by atoms with Crippen LogP contribution in [0, 0.1) is 0 Å². The molecule has 0 rings (SSSR count). The summed E-state index contributed by atoms with van der Waals surface area (Å²) < 4.78 is 10.2. The first-order valence-electron chi connectivity index (χ1n) is 6.18. The molecule has 16 heavy (non-hydrogen) atoms. The third-order valence-corrected chi connectivity index (χ3v) is 2.52. The summed E-state index contributed by atoms with van der Waals surface area (Å²) in [5.74, 6) is 0. The van der Waals surface area contributed by atoms with E-state index in [1.165, 1.54) is 0 Å². The van der Waals surface area contributed by atoms with Crippen LogP contribution in [0.1, 0.15) is 20.3 Å². The van der Waals surface area contributed by atoms with Gasteiger partial charge >= 0.3 is 0 Å². The van der Waals surface area contributed by atoms with Crippen LogP contribution >= 0.6 is 0 Å². The summed E-state index contributed by atoms with van der Waals surface area (Å²) in [6.45, 7) is 10.2. The Balaban J connectivity index is 3.78. The molecule has 4 heteroatoms. The quantitative estimate of drug-likeness (QED) is 0.538. The number of nitrogens with zero attached hydrogens (tertiary/aromatic N) is 1. The molecule has 0 aliphatic heterocycles. The highest BCUT2D eigenvalue weighted by atomic mass is 16.5. The van der Waals surface area contributed by atoms with Crippen LogP contribution in [0.25, 0.3) is 0 Å². The Labute approximate surface area is 100 Å². The molecule has 0 aliphatic carbocycles. The van der Waals surface area contributed by atoms with Crippen molar-refractivity contribution in [1.82, 2.24) is 10.2 Å². The summed E-state index contributed by atoms with van der Waals surface area (Å²) in [4.78, 5) is 2.43. The first-order chi connectivity index (χ1) is 7.74. The van der Waals surface area contributed by atoms with Crippen LogP contribution in [-0.2, 0) is 9.47 Å². The molecule has 0 bridgehead atoms. The number of methoxy groups -OCH3 is 2. The standard InChI is InChI=1S/C12H28N2O2/c1-5-13-12(2)11-14(8-10-16-4)7-6-9-15-3/h12-13H,5-11H2,1-4H3. The minimum atomic E-state index is 0.532. The molecular formula is C12H28N2O2. The van der Waals surface area contributed by atoms with Gasteiger partial charge in [-0.3, -0.25) is 4.90 Å². The Morgan fingerprint density at radius 2 is 1.81 bits per heavy atom. The highest BCUT2D eigenvalue weighted by Gasteiger charge is 2.08. The zero-order valence-corrected chi connectivity index (χ0v) is 11.3. The van der Waals surface area contributed by atoms with Gasteiger partial charge in [-0.15, -0.1) is 0 Å². The van der Waals surface area contributed by atoms with E-state index in [0.29, 0.717) is 6.04 Å². The van der Waals surface area contributed by atoms with Gasteiger partial charge in [-0.25, -0.2) is 0 Å². The molecule has 0 fully saturated rings. The second-order valence-electron chi connectivity index (χ2n) is 4.10. The average molecular weight is 232 g/mol. The lowest BCUT2D eigenvalue weighted by Gasteiger charge is -2.25. The Morgan fingerprint density at radius 1 is 1.12 bits per heavy atom. The van der Waals surface area contributed by atoms with Crippen molar-refractivity contribution >= 4 is 0 Å². The van der Waals surface area contributed by atoms with Crippen LogP contribution in [0.5, 0.6) is 0 Å². The number of ether oxygens (including phenoxy) is 2. The van der Waals surface area contributed by atoms with Crippen molar-refractivity contribution < 1.29 is 9.47 Å². The molecule has 1 N–H and O–H groups in total. The summed E-state index contributed by atoms with van der Waals surface area (Å²) in [6.07, 6.45) is 1.08. The highest BCUT2D eigenvalue weighted by molar-refractivity contribution is 4.67. The van der Waals surface area contributed by atoms with Gasteiger partial charge in [0.2, 0.25) is 0 Å². The zero-order valence-electron chi connectivity index (χ0n) is 11.3. The summed E-state index contributed by atoms with van der Waals surface area (Å²) in [7, 11) is 3.50. The van der Waals surface area contributed by atoms with Crippen molar-refractivity contribution in [1.29, 1.82) is 0 Å². The van der Waals surface area contributed by atoms with Crippen molar-refractivity contribution in [2.75, 3.05) is 53.6 Å². The molecule has 4 nitrogen and oxygen atoms in total. The molecule has 0 heterocycles. The summed E-state index contributed by atoms with van der Waals surface area (Å²) in [5.41, 5.74) is 0. The van der Waals surface area contributed by atoms with Crippen molar-refractivity contribution in [2.45, 2.75) is 26.3 Å². The van der Waals surface area contributed by atoms with Gasteiger partial charge in [0, 0.05) is 46.5 Å². The number of hydrogen-bond donors (Lipinski definition) is 1. The van der Waals surface area contributed by atoms with E-state index in [4.69, 9.17) is 9.47 Å². The van der Waals surface area contributed by atoms with Crippen molar-refractivity contribution in [2.24, 2.45) is 0 Å². The maximum Gasteiger partial charge on any atom is 0.0589 e. The van der Waals surface area contributed by atoms with E-state index in [9.17, 15) is 0 Å². The fraction of sp³-hybridized carbons (Fsp3) is 1.00. The molecule has 0 aromatic rings. The second kappa shape index (κ2) is 11.3. The van der Waals surface area contributed by atoms with Gasteiger partial charge in [0.05, 0.1) is 6.61 Å². The molecule has 0 radical (unpaired) electrons. The molecule has 98 valence electrons. The number of likely N-dealkylation sites (N-methyl/N-ethyl adjacent to an activating group) is 1. The van der Waals surface area contributed by atoms with Crippen LogP contribution in [0.4, 0.5) is 0 Å². The van der Waals surface area contributed by atoms with Crippen molar-refractivity contribution in [3.63, 3.8) is 0 Å². The predicted octanol–water partition coefficient (Wildman–Crippen LogP) is 0.969. The van der Waals surface area contributed by atoms with Gasteiger partial charge in [-0.05, 0) is 19.9 Å². The average Bonchev–Trinajstić information content (AvgIpc) is 2.26. The summed E-state index contributed by atoms with van der Waals surface area (Å²) in [6, 6.07) is 0.532. The molecule has 1 unspecified atom stereocenters. The van der Waals surface area contributed by atoms with E-state index in [2.05, 4.69) is 24.1 Å². The Hall–Kier alpha value is -0.160. The lowest BCUT2D eigenvalue weighted by molar-refractivity contribution is 0.127. The first kappa shape index (κ1) is 15.8. The molecule has 0 spiro atoms. The number of hydrogen-bond acceptors (Lipinski definition) is 4. The summed E-state index contributed by atoms with van der Waals surface area (Å²) in [5, 5.41) is 3.43. The smallest absolute Gasteiger partial charge is 0.0589 e. The molecule has 0 amide bonds. The van der Waals surface area contributed by atoms with E-state index in [-0.39, 0.29) is 0 Å². The van der Waals surface area contributed by atoms with Gasteiger partial charge < -0.3 is 14.8 Å². The molecule has 0 aliphatic rings. The van der Waals surface area contributed by atoms with Gasteiger partial charge in [0.1, 0.15) is 0 Å². The fourth-order valence-corrected chi connectivity index (χ4v) is 1.75. The van der Waals surface area contributed by atoms with Crippen LogP contribution in [-0.4, -0.2) is 64.6 Å². The van der Waals surface area contributed by atoms with Gasteiger partial charge in [0.25, 0.3) is 0 Å². The number of rotatable bonds is 11. The van der Waals surface area contributed by atoms with Gasteiger partial charge in [0.15, 0.2) is 0 Å². The topological polar surface area (TPSA) is 33.7 Å². The normalized spacial score (nSPS) is 13.3. The van der Waals surface area contributed by atoms with E-state index in [1.54, 1.807) is 14.2 Å². The molecule has 0 aromatic heterocycles. The van der Waals surface area contributed by atoms with Crippen LogP contribution in [0.3, 0.4) is 0 Å². The molecule has 0 saturated heterocycles. The monoisotopic (exact) mass is 232 g/mol. The van der Waals surface area contributed by atoms with E-state index in [0.717, 1.165) is 45.8 Å². The SMILES string of the molecule is CCNC(C)CN(CCCOC)CCOC. The Kier molecular flexibility index (Phi) is 11.2. The van der Waals surface area contributed by atoms with Crippen LogP contribution in [0.15, 0.2) is 0 Å². The van der Waals surface area contributed by atoms with E-state index >= 15 is 0 Å². The van der Waals surface area contributed by atoms with Gasteiger partial charge in [-0.2, -0.15) is 0 Å². The minimum absolute atomic E-state index is 0.532. The van der Waals surface area contributed by atoms with Crippen molar-refractivity contribution in [3.05, 3.63) is 0 Å². The predicted molar refractivity (Wildman–Crippen MR) is 67.9 cm³/mol. The Bertz CT molecular complexity index is 145. The summed E-state index contributed by atoms with van der Waals surface area (Å²) >= 11 is 0. The van der Waals surface area contributed by atoms with E-state index < -0.39 is 0 Å². The van der Waals surface area contributed by atoms with Crippen molar-refractivity contribution in [3.8, 4) is 0 Å². The zero-order chi connectivity index (χ0) is 12.2. The molecule has 0 aromatic carbocycles. The fourth-order valence-electron chi connectivity index (χ4n) is 1.75. The second-order valence-corrected chi connectivity index (χ2v) is 4.10. The third kappa shape index (κ3) is 9.09. The first-order valence-corrected chi connectivity index (χ1v) is 6.18. The maximum atomic E-state index is 5.13. The number of nitrogens with one attached hydrogen (secondary N) is 1. The van der Waals surface area contributed by atoms with E-state index in [1.807, 2.05) is 0 Å². The maximum absolute atomic E-state index is 5.13. The minimum Gasteiger partial charge on any atom is -0.385 e. The largest absolute Gasteiger partial charge is 0.385 e. The molecule has 1 atom stereocenters. The highest BCUT2D eigenvalue weighted by Crippen LogP contribution is 1.96.